The van der Waals surface area contributed by atoms with Gasteiger partial charge in [0, 0.05) is 12.1 Å². The zero-order valence-electron chi connectivity index (χ0n) is 7.63. The Bertz CT molecular complexity index is 594. The van der Waals surface area contributed by atoms with Gasteiger partial charge in [0.15, 0.2) is 0 Å². The average Bonchev–Trinajstić information content (AvgIpc) is 2.14. The van der Waals surface area contributed by atoms with Crippen molar-refractivity contribution in [1.29, 1.82) is 0 Å². The van der Waals surface area contributed by atoms with Crippen LogP contribution in [0.5, 0.6) is 0 Å². The van der Waals surface area contributed by atoms with E-state index in [0.29, 0.717) is 0 Å². The van der Waals surface area contributed by atoms with Crippen molar-refractivity contribution in [2.24, 2.45) is 0 Å². The molecule has 0 spiro atoms. The normalized spacial score (nSPS) is 16.9. The molecule has 2 amide bonds. The molecular weight excluding hydrogens is 238 g/mol. The van der Waals surface area contributed by atoms with Gasteiger partial charge in [-0.2, -0.15) is 0 Å². The molecule has 0 aromatic heterocycles. The fourth-order valence-corrected chi connectivity index (χ4v) is 2.34. The largest absolute Gasteiger partial charge is 0.333 e. The fraction of sp³-hybridized carbons (Fsp3) is 0. The molecule has 1 aliphatic rings. The van der Waals surface area contributed by atoms with Crippen LogP contribution >= 0.6 is 0 Å². The van der Waals surface area contributed by atoms with Gasteiger partial charge in [0.25, 0.3) is 15.7 Å². The van der Waals surface area contributed by atoms with Gasteiger partial charge in [0.05, 0.1) is 10.6 Å². The van der Waals surface area contributed by atoms with Crippen molar-refractivity contribution >= 4 is 27.4 Å². The number of urea groups is 1. The van der Waals surface area contributed by atoms with Crippen LogP contribution in [0.15, 0.2) is 23.1 Å². The molecule has 0 unspecified atom stereocenters. The first-order valence-corrected chi connectivity index (χ1v) is 5.51. The summed E-state index contributed by atoms with van der Waals surface area (Å²) < 4.78 is 24.6. The van der Waals surface area contributed by atoms with Crippen molar-refractivity contribution < 1.29 is 18.1 Å². The van der Waals surface area contributed by atoms with Gasteiger partial charge in [-0.1, -0.05) is 0 Å². The number of sulfonamides is 1. The molecule has 0 bridgehead atoms. The van der Waals surface area contributed by atoms with Crippen LogP contribution in [-0.4, -0.2) is 19.4 Å². The molecule has 1 heterocycles. The van der Waals surface area contributed by atoms with Crippen LogP contribution < -0.4 is 10.0 Å². The Kier molecular flexibility index (Phi) is 2.05. The quantitative estimate of drug-likeness (QED) is 0.547. The lowest BCUT2D eigenvalue weighted by molar-refractivity contribution is -0.384. The summed E-state index contributed by atoms with van der Waals surface area (Å²) in [4.78, 5) is 20.5. The number of nitro groups is 1. The van der Waals surface area contributed by atoms with Gasteiger partial charge >= 0.3 is 6.03 Å². The lowest BCUT2D eigenvalue weighted by atomic mass is 10.3. The Morgan fingerprint density at radius 1 is 1.31 bits per heavy atom. The lowest BCUT2D eigenvalue weighted by Gasteiger charge is -2.17. The Balaban J connectivity index is 2.64. The molecule has 16 heavy (non-hydrogen) atoms. The molecule has 0 atom stereocenters. The Morgan fingerprint density at radius 2 is 2.00 bits per heavy atom. The first-order valence-electron chi connectivity index (χ1n) is 4.02. The average molecular weight is 243 g/mol. The van der Waals surface area contributed by atoms with Gasteiger partial charge in [0.1, 0.15) is 4.90 Å². The lowest BCUT2D eigenvalue weighted by Crippen LogP contribution is -2.39. The number of hydrogen-bond donors (Lipinski definition) is 2. The second kappa shape index (κ2) is 3.17. The molecule has 1 aliphatic heterocycles. The molecule has 9 heteroatoms. The first kappa shape index (κ1) is 10.4. The third-order valence-corrected chi connectivity index (χ3v) is 3.33. The maximum Gasteiger partial charge on any atom is 0.333 e. The highest BCUT2D eigenvalue weighted by atomic mass is 32.2. The molecule has 0 aliphatic carbocycles. The van der Waals surface area contributed by atoms with Crippen molar-refractivity contribution in [2.45, 2.75) is 4.90 Å². The smallest absolute Gasteiger partial charge is 0.306 e. The van der Waals surface area contributed by atoms with Crippen LogP contribution in [0.3, 0.4) is 0 Å². The molecule has 2 rings (SSSR count). The van der Waals surface area contributed by atoms with Crippen LogP contribution in [-0.2, 0) is 10.0 Å². The Labute approximate surface area is 89.5 Å². The summed E-state index contributed by atoms with van der Waals surface area (Å²) >= 11 is 0. The number of carbonyl (C=O) groups is 1. The minimum atomic E-state index is -3.92. The van der Waals surface area contributed by atoms with Crippen LogP contribution in [0.4, 0.5) is 16.2 Å². The summed E-state index contributed by atoms with van der Waals surface area (Å²) in [7, 11) is -3.92. The van der Waals surface area contributed by atoms with Crippen molar-refractivity contribution in [2.75, 3.05) is 5.32 Å². The number of benzene rings is 1. The minimum absolute atomic E-state index is 0.0991. The Morgan fingerprint density at radius 3 is 2.62 bits per heavy atom. The summed E-state index contributed by atoms with van der Waals surface area (Å²) in [5, 5.41) is 12.6. The molecule has 0 radical (unpaired) electrons. The number of nitrogens with zero attached hydrogens (tertiary/aromatic N) is 1. The molecule has 8 nitrogen and oxygen atoms in total. The number of rotatable bonds is 1. The van der Waals surface area contributed by atoms with Gasteiger partial charge in [-0.05, 0) is 6.07 Å². The third-order valence-electron chi connectivity index (χ3n) is 1.94. The van der Waals surface area contributed by atoms with E-state index in [9.17, 15) is 23.3 Å². The number of hydrogen-bond acceptors (Lipinski definition) is 5. The summed E-state index contributed by atoms with van der Waals surface area (Å²) in [5.41, 5.74) is -0.394. The summed E-state index contributed by atoms with van der Waals surface area (Å²) in [6.45, 7) is 0. The summed E-state index contributed by atoms with van der Waals surface area (Å²) in [5.74, 6) is 0. The minimum Gasteiger partial charge on any atom is -0.306 e. The molecule has 84 valence electrons. The third kappa shape index (κ3) is 1.56. The van der Waals surface area contributed by atoms with Crippen molar-refractivity contribution in [3.63, 3.8) is 0 Å². The fourth-order valence-electron chi connectivity index (χ4n) is 1.29. The van der Waals surface area contributed by atoms with E-state index in [4.69, 9.17) is 0 Å². The number of fused-ring (bicyclic) bond motifs is 1. The first-order chi connectivity index (χ1) is 7.40. The monoisotopic (exact) mass is 243 g/mol. The van der Waals surface area contributed by atoms with Crippen LogP contribution in [0.1, 0.15) is 0 Å². The van der Waals surface area contributed by atoms with Gasteiger partial charge in [0.2, 0.25) is 0 Å². The van der Waals surface area contributed by atoms with Gasteiger partial charge in [-0.15, -0.1) is 0 Å². The molecular formula is C7H5N3O5S. The highest BCUT2D eigenvalue weighted by molar-refractivity contribution is 7.90. The summed E-state index contributed by atoms with van der Waals surface area (Å²) in [6, 6.07) is 2.17. The van der Waals surface area contributed by atoms with E-state index < -0.39 is 21.0 Å². The number of carbonyl (C=O) groups excluding carboxylic acids is 1. The molecule has 2 N–H and O–H groups in total. The van der Waals surface area contributed by atoms with E-state index >= 15 is 0 Å². The molecule has 0 saturated carbocycles. The second-order valence-electron chi connectivity index (χ2n) is 3.00. The maximum absolute atomic E-state index is 11.4. The number of amides is 2. The van der Waals surface area contributed by atoms with E-state index in [1.165, 1.54) is 0 Å². The summed E-state index contributed by atoms with van der Waals surface area (Å²) in [6.07, 6.45) is 0. The van der Waals surface area contributed by atoms with E-state index in [-0.39, 0.29) is 16.3 Å². The van der Waals surface area contributed by atoms with Crippen molar-refractivity contribution in [3.8, 4) is 0 Å². The predicted octanol–water partition coefficient (Wildman–Crippen LogP) is 0.419. The van der Waals surface area contributed by atoms with E-state index in [1.54, 1.807) is 4.72 Å². The topological polar surface area (TPSA) is 118 Å². The zero-order chi connectivity index (χ0) is 11.9. The second-order valence-corrected chi connectivity index (χ2v) is 4.65. The number of nitrogens with one attached hydrogen (secondary N) is 2. The maximum atomic E-state index is 11.4. The van der Waals surface area contributed by atoms with E-state index in [1.807, 2.05) is 0 Å². The van der Waals surface area contributed by atoms with E-state index in [2.05, 4.69) is 5.32 Å². The number of non-ortho nitro benzene ring substituents is 1. The van der Waals surface area contributed by atoms with E-state index in [0.717, 1.165) is 18.2 Å². The highest BCUT2D eigenvalue weighted by Crippen LogP contribution is 2.28. The molecule has 0 saturated heterocycles. The predicted molar refractivity (Wildman–Crippen MR) is 52.4 cm³/mol. The molecule has 0 fully saturated rings. The van der Waals surface area contributed by atoms with Crippen molar-refractivity contribution in [3.05, 3.63) is 28.3 Å². The van der Waals surface area contributed by atoms with Gasteiger partial charge < -0.3 is 5.32 Å². The molecule has 1 aromatic carbocycles. The number of anilines is 1. The SMILES string of the molecule is O=C1Nc2cc([N+](=O)[O-])ccc2S(=O)(=O)N1. The van der Waals surface area contributed by atoms with Crippen molar-refractivity contribution in [1.82, 2.24) is 4.72 Å². The van der Waals surface area contributed by atoms with Crippen LogP contribution in [0.25, 0.3) is 0 Å². The van der Waals surface area contributed by atoms with Crippen LogP contribution in [0.2, 0.25) is 0 Å². The Hall–Kier alpha value is -2.16. The highest BCUT2D eigenvalue weighted by Gasteiger charge is 2.28. The van der Waals surface area contributed by atoms with Gasteiger partial charge in [-0.25, -0.2) is 17.9 Å². The van der Waals surface area contributed by atoms with Crippen LogP contribution in [0, 0.1) is 10.1 Å². The molecule has 1 aromatic rings. The standard InChI is InChI=1S/C7H5N3O5S/c11-7-8-5-3-4(10(12)13)1-2-6(5)16(14,15)9-7/h1-3H,(H2,8,9,11). The zero-order valence-corrected chi connectivity index (χ0v) is 8.45. The van der Waals surface area contributed by atoms with Gasteiger partial charge in [-0.3, -0.25) is 10.1 Å². The number of nitro benzene ring substituents is 1.